The van der Waals surface area contributed by atoms with E-state index in [9.17, 15) is 23.4 Å². The molecule has 1 aliphatic heterocycles. The van der Waals surface area contributed by atoms with Crippen LogP contribution in [0.15, 0.2) is 41.8 Å². The van der Waals surface area contributed by atoms with E-state index >= 15 is 0 Å². The SMILES string of the molecule is Nc1ncnc2c1ncn2C1O[C@H](CSc2ccccc2OC(F)(F)F)[C@@H](O)[C@H]1O. The molecule has 30 heavy (non-hydrogen) atoms. The highest BCUT2D eigenvalue weighted by molar-refractivity contribution is 7.99. The van der Waals surface area contributed by atoms with Gasteiger partial charge in [0.15, 0.2) is 17.7 Å². The number of nitrogen functional groups attached to an aromatic ring is 1. The van der Waals surface area contributed by atoms with Gasteiger partial charge in [-0.1, -0.05) is 12.1 Å². The number of fused-ring (bicyclic) bond motifs is 1. The predicted octanol–water partition coefficient (Wildman–Crippen LogP) is 1.72. The van der Waals surface area contributed by atoms with Crippen molar-refractivity contribution in [2.75, 3.05) is 11.5 Å². The second-order valence-electron chi connectivity index (χ2n) is 6.43. The van der Waals surface area contributed by atoms with Crippen molar-refractivity contribution in [1.82, 2.24) is 19.5 Å². The van der Waals surface area contributed by atoms with E-state index in [1.807, 2.05) is 0 Å². The minimum Gasteiger partial charge on any atom is -0.405 e. The van der Waals surface area contributed by atoms with Crippen LogP contribution in [0.25, 0.3) is 11.2 Å². The number of aliphatic hydroxyl groups excluding tert-OH is 2. The molecule has 160 valence electrons. The molecule has 0 radical (unpaired) electrons. The van der Waals surface area contributed by atoms with Crippen LogP contribution in [-0.4, -0.2) is 60.2 Å². The molecule has 1 fully saturated rings. The van der Waals surface area contributed by atoms with Gasteiger partial charge in [0.05, 0.1) is 12.4 Å². The average Bonchev–Trinajstić information content (AvgIpc) is 3.23. The Bertz CT molecular complexity index is 1050. The molecule has 3 heterocycles. The van der Waals surface area contributed by atoms with Crippen LogP contribution in [0.5, 0.6) is 5.75 Å². The summed E-state index contributed by atoms with van der Waals surface area (Å²) in [4.78, 5) is 12.2. The summed E-state index contributed by atoms with van der Waals surface area (Å²) in [5, 5.41) is 20.8. The quantitative estimate of drug-likeness (QED) is 0.505. The third kappa shape index (κ3) is 4.01. The molecule has 1 aromatic carbocycles. The lowest BCUT2D eigenvalue weighted by molar-refractivity contribution is -0.275. The van der Waals surface area contributed by atoms with Gasteiger partial charge in [-0.05, 0) is 12.1 Å². The Labute approximate surface area is 171 Å². The first kappa shape index (κ1) is 20.7. The van der Waals surface area contributed by atoms with E-state index in [1.54, 1.807) is 6.07 Å². The number of aromatic nitrogens is 4. The summed E-state index contributed by atoms with van der Waals surface area (Å²) in [7, 11) is 0. The van der Waals surface area contributed by atoms with Crippen LogP contribution >= 0.6 is 11.8 Å². The number of anilines is 1. The van der Waals surface area contributed by atoms with Gasteiger partial charge in [-0.3, -0.25) is 4.57 Å². The van der Waals surface area contributed by atoms with Crippen molar-refractivity contribution in [2.45, 2.75) is 35.8 Å². The van der Waals surface area contributed by atoms with Crippen molar-refractivity contribution < 1.29 is 32.9 Å². The third-order valence-electron chi connectivity index (χ3n) is 4.48. The molecule has 9 nitrogen and oxygen atoms in total. The Balaban J connectivity index is 1.50. The second kappa shape index (κ2) is 7.91. The number of alkyl halides is 3. The molecule has 2 aromatic heterocycles. The molecule has 0 amide bonds. The highest BCUT2D eigenvalue weighted by Gasteiger charge is 2.44. The Morgan fingerprint density at radius 3 is 2.70 bits per heavy atom. The highest BCUT2D eigenvalue weighted by Crippen LogP contribution is 2.37. The zero-order chi connectivity index (χ0) is 21.5. The first-order valence-corrected chi connectivity index (χ1v) is 9.65. The van der Waals surface area contributed by atoms with E-state index < -0.39 is 30.9 Å². The summed E-state index contributed by atoms with van der Waals surface area (Å²) in [6.07, 6.45) is -6.71. The topological polar surface area (TPSA) is 129 Å². The number of aliphatic hydroxyl groups is 2. The first-order valence-electron chi connectivity index (χ1n) is 8.67. The van der Waals surface area contributed by atoms with Gasteiger partial charge in [-0.15, -0.1) is 24.9 Å². The smallest absolute Gasteiger partial charge is 0.405 e. The minimum absolute atomic E-state index is 0.0662. The van der Waals surface area contributed by atoms with Crippen molar-refractivity contribution in [1.29, 1.82) is 0 Å². The summed E-state index contributed by atoms with van der Waals surface area (Å²) in [6, 6.07) is 5.64. The van der Waals surface area contributed by atoms with Crippen molar-refractivity contribution in [2.24, 2.45) is 0 Å². The van der Waals surface area contributed by atoms with Gasteiger partial charge in [0.2, 0.25) is 0 Å². The molecule has 1 aliphatic rings. The number of halogens is 3. The molecule has 1 unspecified atom stereocenters. The molecule has 4 N–H and O–H groups in total. The van der Waals surface area contributed by atoms with Gasteiger partial charge >= 0.3 is 6.36 Å². The monoisotopic (exact) mass is 443 g/mol. The van der Waals surface area contributed by atoms with Gasteiger partial charge in [0, 0.05) is 10.6 Å². The lowest BCUT2D eigenvalue weighted by Gasteiger charge is -2.17. The maximum Gasteiger partial charge on any atom is 0.573 e. The van der Waals surface area contributed by atoms with Gasteiger partial charge in [-0.2, -0.15) is 0 Å². The molecule has 0 spiro atoms. The summed E-state index contributed by atoms with van der Waals surface area (Å²) in [6.45, 7) is 0. The van der Waals surface area contributed by atoms with E-state index in [-0.39, 0.29) is 22.2 Å². The van der Waals surface area contributed by atoms with E-state index in [1.165, 1.54) is 35.4 Å². The molecule has 0 saturated carbocycles. The molecule has 0 bridgehead atoms. The van der Waals surface area contributed by atoms with Crippen molar-refractivity contribution in [3.8, 4) is 5.75 Å². The number of hydrogen-bond donors (Lipinski definition) is 3. The molecular weight excluding hydrogens is 427 g/mol. The van der Waals surface area contributed by atoms with Crippen molar-refractivity contribution in [3.63, 3.8) is 0 Å². The summed E-state index contributed by atoms with van der Waals surface area (Å²) >= 11 is 1.00. The first-order chi connectivity index (χ1) is 14.2. The van der Waals surface area contributed by atoms with E-state index in [2.05, 4.69) is 19.7 Å². The molecule has 0 aliphatic carbocycles. The lowest BCUT2D eigenvalue weighted by Crippen LogP contribution is -2.32. The van der Waals surface area contributed by atoms with E-state index in [4.69, 9.17) is 10.5 Å². The maximum absolute atomic E-state index is 12.6. The van der Waals surface area contributed by atoms with Crippen molar-refractivity contribution in [3.05, 3.63) is 36.9 Å². The highest BCUT2D eigenvalue weighted by atomic mass is 32.2. The Morgan fingerprint density at radius 1 is 1.17 bits per heavy atom. The number of thioether (sulfide) groups is 1. The van der Waals surface area contributed by atoms with Gasteiger partial charge in [-0.25, -0.2) is 15.0 Å². The fourth-order valence-corrected chi connectivity index (χ4v) is 4.15. The van der Waals surface area contributed by atoms with Gasteiger partial charge in [0.25, 0.3) is 0 Å². The third-order valence-corrected chi connectivity index (χ3v) is 5.62. The molecule has 3 aromatic rings. The van der Waals surface area contributed by atoms with Crippen LogP contribution < -0.4 is 10.5 Å². The van der Waals surface area contributed by atoms with E-state index in [0.29, 0.717) is 11.2 Å². The molecule has 13 heteroatoms. The summed E-state index contributed by atoms with van der Waals surface area (Å²) in [5.41, 5.74) is 6.39. The van der Waals surface area contributed by atoms with Crippen LogP contribution in [0.2, 0.25) is 0 Å². The zero-order valence-corrected chi connectivity index (χ0v) is 15.9. The Morgan fingerprint density at radius 2 is 1.93 bits per heavy atom. The standard InChI is InChI=1S/C17H16F3N5O4S/c18-17(19,20)29-8-3-1-2-4-10(8)30-5-9-12(26)13(27)16(28-9)25-7-24-11-14(21)22-6-23-15(11)25/h1-4,6-7,9,12-13,16,26-27H,5H2,(H2,21,22,23)/t9-,12-,13-,16?/m1/s1. The lowest BCUT2D eigenvalue weighted by atomic mass is 10.1. The van der Waals surface area contributed by atoms with Gasteiger partial charge in [0.1, 0.15) is 29.8 Å². The molecular formula is C17H16F3N5O4S. The number of rotatable bonds is 5. The second-order valence-corrected chi connectivity index (χ2v) is 7.50. The zero-order valence-electron chi connectivity index (χ0n) is 15.1. The fraction of sp³-hybridized carbons (Fsp3) is 0.353. The number of hydrogen-bond acceptors (Lipinski definition) is 9. The molecule has 4 rings (SSSR count). The number of nitrogens with zero attached hydrogens (tertiary/aromatic N) is 4. The van der Waals surface area contributed by atoms with Gasteiger partial charge < -0.3 is 25.4 Å². The number of para-hydroxylation sites is 1. The fourth-order valence-electron chi connectivity index (χ4n) is 3.10. The molecule has 4 atom stereocenters. The number of ether oxygens (including phenoxy) is 2. The van der Waals surface area contributed by atoms with E-state index in [0.717, 1.165) is 11.8 Å². The maximum atomic E-state index is 12.6. The molecule has 1 saturated heterocycles. The number of benzene rings is 1. The largest absolute Gasteiger partial charge is 0.573 e. The van der Waals surface area contributed by atoms with Crippen molar-refractivity contribution >= 4 is 28.7 Å². The van der Waals surface area contributed by atoms with Crippen LogP contribution in [0.3, 0.4) is 0 Å². The number of nitrogens with two attached hydrogens (primary N) is 1. The average molecular weight is 443 g/mol. The Hall–Kier alpha value is -2.61. The summed E-state index contributed by atoms with van der Waals surface area (Å²) in [5.74, 6) is -0.135. The normalized spacial score (nSPS) is 24.4. The Kier molecular flexibility index (Phi) is 5.44. The van der Waals surface area contributed by atoms with Crippen LogP contribution in [0, 0.1) is 0 Å². The predicted molar refractivity (Wildman–Crippen MR) is 99.5 cm³/mol. The van der Waals surface area contributed by atoms with Crippen LogP contribution in [0.4, 0.5) is 19.0 Å². The summed E-state index contributed by atoms with van der Waals surface area (Å²) < 4.78 is 49.0. The number of imidazole rings is 1. The van der Waals surface area contributed by atoms with Crippen LogP contribution in [-0.2, 0) is 4.74 Å². The van der Waals surface area contributed by atoms with Crippen LogP contribution in [0.1, 0.15) is 6.23 Å². The minimum atomic E-state index is -4.83.